The highest BCUT2D eigenvalue weighted by atomic mass is 19.1. The van der Waals surface area contributed by atoms with Gasteiger partial charge in [-0.15, -0.1) is 0 Å². The lowest BCUT2D eigenvalue weighted by atomic mass is 9.95. The van der Waals surface area contributed by atoms with E-state index in [1.165, 1.54) is 24.3 Å². The van der Waals surface area contributed by atoms with E-state index in [1.807, 2.05) is 37.3 Å². The molecule has 2 amide bonds. The Morgan fingerprint density at radius 2 is 1.66 bits per heavy atom. The molecule has 0 saturated carbocycles. The topological polar surface area (TPSA) is 113 Å². The zero-order chi connectivity index (χ0) is 31.5. The second-order valence-electron chi connectivity index (χ2n) is 9.49. The molecular weight excluding hydrogens is 568 g/mol. The zero-order valence-electron chi connectivity index (χ0n) is 24.1. The molecule has 5 aromatic rings. The van der Waals surface area contributed by atoms with E-state index >= 15 is 4.39 Å². The third kappa shape index (κ3) is 7.86. The maximum atomic E-state index is 15.1. The molecule has 5 rings (SSSR count). The Morgan fingerprint density at radius 3 is 2.32 bits per heavy atom. The number of amides is 2. The summed E-state index contributed by atoms with van der Waals surface area (Å²) in [6.07, 6.45) is 2.32. The Kier molecular flexibility index (Phi) is 10.8. The van der Waals surface area contributed by atoms with Crippen molar-refractivity contribution in [3.63, 3.8) is 0 Å². The van der Waals surface area contributed by atoms with Crippen molar-refractivity contribution in [2.24, 2.45) is 5.73 Å². The molecular formula is C34H31F2N3O5. The number of hydrogen-bond donors (Lipinski definition) is 2. The SMILES string of the molecule is CCC(C(=O)Nc1ccc(Oc2ccnc3cc(OCc4ccccc4)c(OC)cc23)c(F)c1)c1ccc(F)cc1.NC=O. The number of methoxy groups -OCH3 is 1. The smallest absolute Gasteiger partial charge is 0.231 e. The van der Waals surface area contributed by atoms with Gasteiger partial charge in [0.15, 0.2) is 23.1 Å². The van der Waals surface area contributed by atoms with Crippen molar-refractivity contribution in [2.45, 2.75) is 25.9 Å². The summed E-state index contributed by atoms with van der Waals surface area (Å²) in [5.41, 5.74) is 6.72. The fraction of sp³-hybridized carbons (Fsp3) is 0.147. The van der Waals surface area contributed by atoms with Gasteiger partial charge < -0.3 is 25.3 Å². The number of pyridine rings is 1. The lowest BCUT2D eigenvalue weighted by molar-refractivity contribution is -0.117. The molecule has 0 aliphatic heterocycles. The van der Waals surface area contributed by atoms with Gasteiger partial charge in [0.25, 0.3) is 0 Å². The lowest BCUT2D eigenvalue weighted by Gasteiger charge is -2.16. The van der Waals surface area contributed by atoms with Crippen LogP contribution in [0.15, 0.2) is 97.2 Å². The normalized spacial score (nSPS) is 11.1. The molecule has 0 fully saturated rings. The first-order chi connectivity index (χ1) is 21.4. The van der Waals surface area contributed by atoms with Gasteiger partial charge >= 0.3 is 0 Å². The second-order valence-corrected chi connectivity index (χ2v) is 9.49. The van der Waals surface area contributed by atoms with Crippen LogP contribution in [0.3, 0.4) is 0 Å². The van der Waals surface area contributed by atoms with Crippen LogP contribution in [0.5, 0.6) is 23.0 Å². The van der Waals surface area contributed by atoms with E-state index in [0.717, 1.165) is 5.56 Å². The van der Waals surface area contributed by atoms with Crippen LogP contribution in [0.4, 0.5) is 14.5 Å². The highest BCUT2D eigenvalue weighted by molar-refractivity contribution is 5.96. The zero-order valence-corrected chi connectivity index (χ0v) is 24.1. The van der Waals surface area contributed by atoms with Crippen LogP contribution >= 0.6 is 0 Å². The van der Waals surface area contributed by atoms with Crippen molar-refractivity contribution in [3.05, 3.63) is 120 Å². The van der Waals surface area contributed by atoms with E-state index in [9.17, 15) is 9.18 Å². The Hall–Kier alpha value is -5.51. The van der Waals surface area contributed by atoms with E-state index in [2.05, 4.69) is 16.0 Å². The average Bonchev–Trinajstić information content (AvgIpc) is 3.03. The van der Waals surface area contributed by atoms with Crippen molar-refractivity contribution in [1.29, 1.82) is 0 Å². The molecule has 8 nitrogen and oxygen atoms in total. The number of ether oxygens (including phenoxy) is 3. The fourth-order valence-electron chi connectivity index (χ4n) is 4.50. The maximum absolute atomic E-state index is 15.1. The Labute approximate surface area is 253 Å². The Morgan fingerprint density at radius 1 is 0.932 bits per heavy atom. The van der Waals surface area contributed by atoms with Gasteiger partial charge in [-0.25, -0.2) is 8.78 Å². The van der Waals surface area contributed by atoms with Crippen LogP contribution in [0.25, 0.3) is 10.9 Å². The van der Waals surface area contributed by atoms with Gasteiger partial charge in [0, 0.05) is 29.4 Å². The number of rotatable bonds is 10. The second kappa shape index (κ2) is 15.1. The monoisotopic (exact) mass is 599 g/mol. The van der Waals surface area contributed by atoms with E-state index < -0.39 is 11.7 Å². The molecule has 0 aliphatic carbocycles. The van der Waals surface area contributed by atoms with Gasteiger partial charge in [-0.1, -0.05) is 49.4 Å². The summed E-state index contributed by atoms with van der Waals surface area (Å²) in [5.74, 6) is -0.497. The number of primary amides is 1. The molecule has 0 saturated heterocycles. The van der Waals surface area contributed by atoms with Crippen molar-refractivity contribution >= 4 is 28.9 Å². The standard InChI is InChI=1S/C33H28F2N2O4.CH3NO/c1-3-25(22-9-11-23(34)12-10-22)33(38)37-24-13-14-30(27(35)17-24)41-29-15-16-36-28-19-32(31(39-2)18-26(28)29)40-20-21-7-5-4-6-8-21;2-1-3/h4-19,25H,3,20H2,1-2H3,(H,37,38);1H,(H2,2,3). The molecule has 10 heteroatoms. The van der Waals surface area contributed by atoms with Crippen LogP contribution < -0.4 is 25.3 Å². The van der Waals surface area contributed by atoms with Gasteiger partial charge in [0.1, 0.15) is 18.2 Å². The quantitative estimate of drug-likeness (QED) is 0.165. The molecule has 44 heavy (non-hydrogen) atoms. The third-order valence-electron chi connectivity index (χ3n) is 6.64. The highest BCUT2D eigenvalue weighted by Gasteiger charge is 2.20. The number of aromatic nitrogens is 1. The minimum absolute atomic E-state index is 0.0237. The van der Waals surface area contributed by atoms with Crippen LogP contribution in [0, 0.1) is 11.6 Å². The lowest BCUT2D eigenvalue weighted by Crippen LogP contribution is -2.20. The predicted molar refractivity (Wildman–Crippen MR) is 164 cm³/mol. The van der Waals surface area contributed by atoms with Crippen molar-refractivity contribution in [1.82, 2.24) is 4.98 Å². The number of carbonyl (C=O) groups excluding carboxylic acids is 2. The number of nitrogens with two attached hydrogens (primary N) is 1. The molecule has 1 atom stereocenters. The molecule has 0 bridgehead atoms. The molecule has 0 radical (unpaired) electrons. The van der Waals surface area contributed by atoms with Crippen LogP contribution in [-0.4, -0.2) is 24.4 Å². The van der Waals surface area contributed by atoms with Crippen molar-refractivity contribution < 1.29 is 32.6 Å². The van der Waals surface area contributed by atoms with Gasteiger partial charge in [0.05, 0.1) is 18.5 Å². The van der Waals surface area contributed by atoms with Crippen LogP contribution in [0.1, 0.15) is 30.4 Å². The largest absolute Gasteiger partial charge is 0.493 e. The highest BCUT2D eigenvalue weighted by Crippen LogP contribution is 2.38. The number of anilines is 1. The first-order valence-corrected chi connectivity index (χ1v) is 13.7. The Balaban J connectivity index is 0.00000141. The molecule has 1 aromatic heterocycles. The predicted octanol–water partition coefficient (Wildman–Crippen LogP) is 7.13. The summed E-state index contributed by atoms with van der Waals surface area (Å²) in [6.45, 7) is 2.22. The summed E-state index contributed by atoms with van der Waals surface area (Å²) >= 11 is 0. The third-order valence-corrected chi connectivity index (χ3v) is 6.64. The van der Waals surface area contributed by atoms with Crippen molar-refractivity contribution in [3.8, 4) is 23.0 Å². The number of nitrogens with zero attached hydrogens (tertiary/aromatic N) is 1. The van der Waals surface area contributed by atoms with Crippen LogP contribution in [-0.2, 0) is 16.2 Å². The minimum atomic E-state index is -0.655. The molecule has 4 aromatic carbocycles. The Bertz CT molecular complexity index is 1720. The van der Waals surface area contributed by atoms with E-state index in [-0.39, 0.29) is 29.6 Å². The summed E-state index contributed by atoms with van der Waals surface area (Å²) < 4.78 is 45.9. The average molecular weight is 600 g/mol. The summed E-state index contributed by atoms with van der Waals surface area (Å²) in [6, 6.07) is 24.9. The van der Waals surface area contributed by atoms with Gasteiger partial charge in [-0.3, -0.25) is 14.6 Å². The van der Waals surface area contributed by atoms with E-state index in [4.69, 9.17) is 19.0 Å². The molecule has 226 valence electrons. The molecule has 0 aliphatic rings. The number of fused-ring (bicyclic) bond motifs is 1. The van der Waals surface area contributed by atoms with Crippen LogP contribution in [0.2, 0.25) is 0 Å². The minimum Gasteiger partial charge on any atom is -0.493 e. The van der Waals surface area contributed by atoms with Gasteiger partial charge in [-0.05, 0) is 53.9 Å². The maximum Gasteiger partial charge on any atom is 0.231 e. The first-order valence-electron chi connectivity index (χ1n) is 13.7. The van der Waals surface area contributed by atoms with Gasteiger partial charge in [-0.2, -0.15) is 0 Å². The summed E-state index contributed by atoms with van der Waals surface area (Å²) in [7, 11) is 1.54. The number of hydrogen-bond acceptors (Lipinski definition) is 6. The fourth-order valence-corrected chi connectivity index (χ4v) is 4.50. The van der Waals surface area contributed by atoms with E-state index in [1.54, 1.807) is 49.7 Å². The number of halogens is 2. The van der Waals surface area contributed by atoms with E-state index in [0.29, 0.717) is 46.7 Å². The first kappa shape index (κ1) is 31.4. The molecule has 3 N–H and O–H groups in total. The molecule has 1 heterocycles. The number of carbonyl (C=O) groups is 2. The molecule has 1 unspecified atom stereocenters. The summed E-state index contributed by atoms with van der Waals surface area (Å²) in [5, 5.41) is 3.35. The molecule has 0 spiro atoms. The van der Waals surface area contributed by atoms with Crippen molar-refractivity contribution in [2.75, 3.05) is 12.4 Å². The number of benzene rings is 4. The number of nitrogens with one attached hydrogen (secondary N) is 1. The van der Waals surface area contributed by atoms with Gasteiger partial charge in [0.2, 0.25) is 12.3 Å². The summed E-state index contributed by atoms with van der Waals surface area (Å²) in [4.78, 5) is 25.9.